The van der Waals surface area contributed by atoms with Crippen molar-refractivity contribution >= 4 is 10.0 Å². The van der Waals surface area contributed by atoms with Gasteiger partial charge in [0.05, 0.1) is 12.2 Å². The molecule has 17 heavy (non-hydrogen) atoms. The van der Waals surface area contributed by atoms with Crippen LogP contribution in [0.5, 0.6) is 0 Å². The first-order valence-electron chi connectivity index (χ1n) is 5.91. The van der Waals surface area contributed by atoms with Crippen LogP contribution in [0, 0.1) is 5.41 Å². The maximum absolute atomic E-state index is 11.6. The fourth-order valence-corrected chi connectivity index (χ4v) is 3.94. The Kier molecular flexibility index (Phi) is 3.33. The molecule has 1 aliphatic heterocycles. The monoisotopic (exact) mass is 261 g/mol. The zero-order chi connectivity index (χ0) is 12.7. The molecule has 2 unspecified atom stereocenters. The first kappa shape index (κ1) is 13.0. The van der Waals surface area contributed by atoms with E-state index in [0.29, 0.717) is 38.8 Å². The molecule has 0 radical (unpaired) electrons. The molecular formula is C11H19NO4S. The predicted octanol–water partition coefficient (Wildman–Crippen LogP) is 0.0575. The van der Waals surface area contributed by atoms with Crippen molar-refractivity contribution in [1.29, 1.82) is 0 Å². The minimum absolute atomic E-state index is 0.350. The Morgan fingerprint density at radius 3 is 2.06 bits per heavy atom. The summed E-state index contributed by atoms with van der Waals surface area (Å²) in [4.78, 5) is 0. The number of aliphatic hydroxyl groups is 2. The third kappa shape index (κ3) is 2.03. The van der Waals surface area contributed by atoms with E-state index in [2.05, 4.69) is 6.58 Å². The highest BCUT2D eigenvalue weighted by atomic mass is 32.2. The molecule has 2 aliphatic rings. The number of aliphatic hydroxyl groups excluding tert-OH is 2. The molecular weight excluding hydrogens is 242 g/mol. The van der Waals surface area contributed by atoms with E-state index in [9.17, 15) is 18.6 Å². The summed E-state index contributed by atoms with van der Waals surface area (Å²) in [5.74, 6) is 0. The second kappa shape index (κ2) is 4.35. The number of hydrogen-bond acceptors (Lipinski definition) is 4. The maximum atomic E-state index is 11.6. The average molecular weight is 261 g/mol. The number of nitrogens with zero attached hydrogens (tertiary/aromatic N) is 1. The first-order chi connectivity index (χ1) is 7.92. The Hall–Kier alpha value is -0.430. The SMILES string of the molecule is C=CS(=O)(=O)N1CCC2(CC1)C(O)CCC2O. The molecule has 1 aliphatic carbocycles. The summed E-state index contributed by atoms with van der Waals surface area (Å²) in [7, 11) is -3.37. The summed E-state index contributed by atoms with van der Waals surface area (Å²) < 4.78 is 24.6. The van der Waals surface area contributed by atoms with Gasteiger partial charge in [0, 0.05) is 23.9 Å². The molecule has 6 heteroatoms. The van der Waals surface area contributed by atoms with Crippen molar-refractivity contribution in [3.05, 3.63) is 12.0 Å². The molecule has 1 saturated carbocycles. The van der Waals surface area contributed by atoms with E-state index in [4.69, 9.17) is 0 Å². The van der Waals surface area contributed by atoms with E-state index >= 15 is 0 Å². The van der Waals surface area contributed by atoms with Gasteiger partial charge in [0.25, 0.3) is 0 Å². The Bertz CT molecular complexity index is 386. The lowest BCUT2D eigenvalue weighted by Crippen LogP contribution is -2.49. The van der Waals surface area contributed by atoms with E-state index in [1.54, 1.807) is 0 Å². The van der Waals surface area contributed by atoms with Crippen LogP contribution < -0.4 is 0 Å². The zero-order valence-electron chi connectivity index (χ0n) is 9.75. The minimum atomic E-state index is -3.37. The van der Waals surface area contributed by atoms with Crippen LogP contribution in [0.2, 0.25) is 0 Å². The standard InChI is InChI=1S/C11H19NO4S/c1-2-17(15,16)12-7-5-11(6-8-12)9(13)3-4-10(11)14/h2,9-10,13-14H,1,3-8H2. The Balaban J connectivity index is 2.10. The van der Waals surface area contributed by atoms with Gasteiger partial charge < -0.3 is 10.2 Å². The number of rotatable bonds is 2. The van der Waals surface area contributed by atoms with Gasteiger partial charge in [0.1, 0.15) is 0 Å². The molecule has 2 fully saturated rings. The van der Waals surface area contributed by atoms with E-state index in [0.717, 1.165) is 5.41 Å². The van der Waals surface area contributed by atoms with Crippen molar-refractivity contribution in [1.82, 2.24) is 4.31 Å². The van der Waals surface area contributed by atoms with Crippen LogP contribution in [0.25, 0.3) is 0 Å². The molecule has 0 amide bonds. The summed E-state index contributed by atoms with van der Waals surface area (Å²) in [6.07, 6.45) is 1.23. The van der Waals surface area contributed by atoms with Gasteiger partial charge in [-0.25, -0.2) is 8.42 Å². The van der Waals surface area contributed by atoms with Gasteiger partial charge >= 0.3 is 0 Å². The Morgan fingerprint density at radius 2 is 1.65 bits per heavy atom. The highest BCUT2D eigenvalue weighted by Crippen LogP contribution is 2.46. The third-order valence-electron chi connectivity index (χ3n) is 4.26. The van der Waals surface area contributed by atoms with Gasteiger partial charge in [0.15, 0.2) is 0 Å². The van der Waals surface area contributed by atoms with Crippen molar-refractivity contribution in [3.63, 3.8) is 0 Å². The van der Waals surface area contributed by atoms with Crippen LogP contribution in [0.4, 0.5) is 0 Å². The van der Waals surface area contributed by atoms with Crippen molar-refractivity contribution in [2.45, 2.75) is 37.9 Å². The lowest BCUT2D eigenvalue weighted by atomic mass is 9.74. The van der Waals surface area contributed by atoms with Crippen molar-refractivity contribution in [2.75, 3.05) is 13.1 Å². The van der Waals surface area contributed by atoms with Gasteiger partial charge in [-0.15, -0.1) is 0 Å². The summed E-state index contributed by atoms with van der Waals surface area (Å²) in [6, 6.07) is 0. The quantitative estimate of drug-likeness (QED) is 0.736. The molecule has 98 valence electrons. The molecule has 0 aromatic heterocycles. The van der Waals surface area contributed by atoms with Crippen LogP contribution >= 0.6 is 0 Å². The predicted molar refractivity (Wildman–Crippen MR) is 63.6 cm³/mol. The zero-order valence-corrected chi connectivity index (χ0v) is 10.6. The first-order valence-corrected chi connectivity index (χ1v) is 7.41. The van der Waals surface area contributed by atoms with Crippen LogP contribution in [0.15, 0.2) is 12.0 Å². The molecule has 2 rings (SSSR count). The van der Waals surface area contributed by atoms with Gasteiger partial charge in [0.2, 0.25) is 10.0 Å². The number of sulfonamides is 1. The lowest BCUT2D eigenvalue weighted by Gasteiger charge is -2.42. The number of hydrogen-bond donors (Lipinski definition) is 2. The molecule has 0 aromatic carbocycles. The molecule has 0 aromatic rings. The number of piperidine rings is 1. The van der Waals surface area contributed by atoms with Crippen LogP contribution in [0.1, 0.15) is 25.7 Å². The molecule has 1 saturated heterocycles. The highest BCUT2D eigenvalue weighted by Gasteiger charge is 2.51. The highest BCUT2D eigenvalue weighted by molar-refractivity contribution is 7.92. The lowest BCUT2D eigenvalue weighted by molar-refractivity contribution is -0.0538. The molecule has 1 spiro atoms. The minimum Gasteiger partial charge on any atom is -0.392 e. The van der Waals surface area contributed by atoms with Crippen LogP contribution in [-0.2, 0) is 10.0 Å². The Labute approximate surface area is 102 Å². The average Bonchev–Trinajstić information content (AvgIpc) is 2.59. The van der Waals surface area contributed by atoms with Crippen molar-refractivity contribution in [2.24, 2.45) is 5.41 Å². The normalized spacial score (nSPS) is 34.0. The van der Waals surface area contributed by atoms with Crippen LogP contribution in [-0.4, -0.2) is 48.2 Å². The molecule has 1 heterocycles. The second-order valence-electron chi connectivity index (χ2n) is 4.95. The maximum Gasteiger partial charge on any atom is 0.235 e. The molecule has 2 atom stereocenters. The molecule has 0 bridgehead atoms. The van der Waals surface area contributed by atoms with Gasteiger partial charge in [-0.05, 0) is 25.7 Å². The smallest absolute Gasteiger partial charge is 0.235 e. The molecule has 5 nitrogen and oxygen atoms in total. The Morgan fingerprint density at radius 1 is 1.18 bits per heavy atom. The summed E-state index contributed by atoms with van der Waals surface area (Å²) >= 11 is 0. The topological polar surface area (TPSA) is 77.8 Å². The second-order valence-corrected chi connectivity index (χ2v) is 6.83. The van der Waals surface area contributed by atoms with Crippen molar-refractivity contribution < 1.29 is 18.6 Å². The summed E-state index contributed by atoms with van der Waals surface area (Å²) in [5.41, 5.74) is -0.493. The largest absolute Gasteiger partial charge is 0.392 e. The van der Waals surface area contributed by atoms with Crippen molar-refractivity contribution in [3.8, 4) is 0 Å². The van der Waals surface area contributed by atoms with E-state index in [1.807, 2.05) is 0 Å². The van der Waals surface area contributed by atoms with E-state index in [-0.39, 0.29) is 0 Å². The van der Waals surface area contributed by atoms with Gasteiger partial charge in [-0.2, -0.15) is 4.31 Å². The fraction of sp³-hybridized carbons (Fsp3) is 0.818. The van der Waals surface area contributed by atoms with Crippen LogP contribution in [0.3, 0.4) is 0 Å². The summed E-state index contributed by atoms with van der Waals surface area (Å²) in [5, 5.41) is 20.9. The fourth-order valence-electron chi connectivity index (χ4n) is 3.04. The van der Waals surface area contributed by atoms with Gasteiger partial charge in [-0.3, -0.25) is 0 Å². The van der Waals surface area contributed by atoms with E-state index in [1.165, 1.54) is 4.31 Å². The molecule has 2 N–H and O–H groups in total. The summed E-state index contributed by atoms with van der Waals surface area (Å²) in [6.45, 7) is 4.00. The van der Waals surface area contributed by atoms with Gasteiger partial charge in [-0.1, -0.05) is 6.58 Å². The van der Waals surface area contributed by atoms with E-state index < -0.39 is 27.6 Å². The third-order valence-corrected chi connectivity index (χ3v) is 5.77.